The zero-order chi connectivity index (χ0) is 14.8. The third-order valence-electron chi connectivity index (χ3n) is 4.49. The summed E-state index contributed by atoms with van der Waals surface area (Å²) in [7, 11) is 0. The maximum Gasteiger partial charge on any atom is 0.252 e. The number of aromatic nitrogens is 2. The Balaban J connectivity index is 1.81. The fourth-order valence-electron chi connectivity index (χ4n) is 3.04. The van der Waals surface area contributed by atoms with E-state index < -0.39 is 0 Å². The molecule has 1 saturated carbocycles. The second-order valence-corrected chi connectivity index (χ2v) is 6.72. The first-order valence-electron chi connectivity index (χ1n) is 8.22. The molecule has 1 saturated heterocycles. The molecule has 1 aliphatic heterocycles. The van der Waals surface area contributed by atoms with Gasteiger partial charge in [0, 0.05) is 24.6 Å². The number of nitrogens with zero attached hydrogens (tertiary/aromatic N) is 2. The molecule has 1 aliphatic carbocycles. The minimum atomic E-state index is -0.0281. The zero-order valence-corrected chi connectivity index (χ0v) is 13.1. The first-order chi connectivity index (χ1) is 10.1. The Morgan fingerprint density at radius 3 is 2.62 bits per heavy atom. The van der Waals surface area contributed by atoms with Crippen LogP contribution in [0.1, 0.15) is 51.3 Å². The Kier molecular flexibility index (Phi) is 4.29. The van der Waals surface area contributed by atoms with Gasteiger partial charge in [0.25, 0.3) is 5.56 Å². The number of rotatable bonds is 5. The van der Waals surface area contributed by atoms with Gasteiger partial charge in [-0.05, 0) is 44.7 Å². The summed E-state index contributed by atoms with van der Waals surface area (Å²) in [4.78, 5) is 21.9. The number of hydrogen-bond acceptors (Lipinski definition) is 4. The highest BCUT2D eigenvalue weighted by atomic mass is 16.1. The third kappa shape index (κ3) is 3.64. The lowest BCUT2D eigenvalue weighted by molar-refractivity contribution is 0.372. The lowest BCUT2D eigenvalue weighted by atomic mass is 9.97. The molecule has 0 bridgehead atoms. The van der Waals surface area contributed by atoms with Gasteiger partial charge in [0.05, 0.1) is 0 Å². The molecule has 5 heteroatoms. The highest BCUT2D eigenvalue weighted by molar-refractivity contribution is 5.41. The Morgan fingerprint density at radius 1 is 1.29 bits per heavy atom. The predicted molar refractivity (Wildman–Crippen MR) is 84.9 cm³/mol. The quantitative estimate of drug-likeness (QED) is 0.869. The molecular weight excluding hydrogens is 264 g/mol. The van der Waals surface area contributed by atoms with E-state index >= 15 is 0 Å². The van der Waals surface area contributed by atoms with E-state index in [1.165, 1.54) is 25.7 Å². The molecule has 2 N–H and O–H groups in total. The summed E-state index contributed by atoms with van der Waals surface area (Å²) in [5.41, 5.74) is -0.0281. The van der Waals surface area contributed by atoms with E-state index in [4.69, 9.17) is 4.98 Å². The smallest absolute Gasteiger partial charge is 0.252 e. The summed E-state index contributed by atoms with van der Waals surface area (Å²) in [6, 6.07) is 2.26. The van der Waals surface area contributed by atoms with Crippen molar-refractivity contribution in [2.75, 3.05) is 24.5 Å². The van der Waals surface area contributed by atoms with E-state index in [9.17, 15) is 4.79 Å². The van der Waals surface area contributed by atoms with Crippen molar-refractivity contribution in [1.82, 2.24) is 15.3 Å². The van der Waals surface area contributed by atoms with Crippen molar-refractivity contribution in [3.63, 3.8) is 0 Å². The van der Waals surface area contributed by atoms with Gasteiger partial charge in [0.2, 0.25) is 0 Å². The molecule has 0 atom stereocenters. The zero-order valence-electron chi connectivity index (χ0n) is 13.1. The number of anilines is 1. The van der Waals surface area contributed by atoms with Crippen molar-refractivity contribution in [3.8, 4) is 0 Å². The van der Waals surface area contributed by atoms with E-state index in [-0.39, 0.29) is 11.5 Å². The van der Waals surface area contributed by atoms with Crippen LogP contribution in [0.2, 0.25) is 0 Å². The van der Waals surface area contributed by atoms with Crippen LogP contribution in [0.25, 0.3) is 0 Å². The minimum absolute atomic E-state index is 0.0281. The molecule has 0 unspecified atom stereocenters. The molecule has 2 aliphatic rings. The summed E-state index contributed by atoms with van der Waals surface area (Å²) in [6.45, 7) is 7.40. The van der Waals surface area contributed by atoms with Crippen LogP contribution < -0.4 is 15.8 Å². The van der Waals surface area contributed by atoms with Crippen LogP contribution in [-0.2, 0) is 0 Å². The number of hydrogen-bond donors (Lipinski definition) is 2. The van der Waals surface area contributed by atoms with Crippen LogP contribution in [0.5, 0.6) is 0 Å². The highest BCUT2D eigenvalue weighted by Gasteiger charge is 2.32. The predicted octanol–water partition coefficient (Wildman–Crippen LogP) is 1.86. The molecule has 1 aromatic heterocycles. The van der Waals surface area contributed by atoms with E-state index in [1.807, 2.05) is 0 Å². The highest BCUT2D eigenvalue weighted by Crippen LogP contribution is 2.32. The van der Waals surface area contributed by atoms with E-state index in [0.717, 1.165) is 37.2 Å². The fraction of sp³-hybridized carbons (Fsp3) is 0.750. The fourth-order valence-corrected chi connectivity index (χ4v) is 3.04. The molecule has 0 amide bonds. The first kappa shape index (κ1) is 14.6. The molecule has 5 nitrogen and oxygen atoms in total. The largest absolute Gasteiger partial charge is 0.353 e. The topological polar surface area (TPSA) is 61.0 Å². The van der Waals surface area contributed by atoms with Gasteiger partial charge in [-0.15, -0.1) is 0 Å². The summed E-state index contributed by atoms with van der Waals surface area (Å²) in [5, 5.41) is 3.42. The molecule has 21 heavy (non-hydrogen) atoms. The Hall–Kier alpha value is -1.36. The van der Waals surface area contributed by atoms with Crippen LogP contribution in [0.4, 0.5) is 5.82 Å². The SMILES string of the molecule is CC(C)c1nc(N(CC2CCNCC2)C2CC2)cc(=O)[nH]1. The maximum atomic E-state index is 11.9. The number of nitrogens with one attached hydrogen (secondary N) is 2. The maximum absolute atomic E-state index is 11.9. The molecule has 2 heterocycles. The molecule has 116 valence electrons. The van der Waals surface area contributed by atoms with Crippen LogP contribution in [0, 0.1) is 5.92 Å². The Morgan fingerprint density at radius 2 is 2.00 bits per heavy atom. The van der Waals surface area contributed by atoms with Gasteiger partial charge in [-0.3, -0.25) is 4.79 Å². The summed E-state index contributed by atoms with van der Waals surface area (Å²) in [5.74, 6) is 2.64. The summed E-state index contributed by atoms with van der Waals surface area (Å²) in [6.07, 6.45) is 4.92. The van der Waals surface area contributed by atoms with Crippen LogP contribution >= 0.6 is 0 Å². The lowest BCUT2D eigenvalue weighted by Gasteiger charge is -2.31. The average Bonchev–Trinajstić information content (AvgIpc) is 3.29. The summed E-state index contributed by atoms with van der Waals surface area (Å²) >= 11 is 0. The van der Waals surface area contributed by atoms with Crippen molar-refractivity contribution in [3.05, 3.63) is 22.2 Å². The average molecular weight is 290 g/mol. The van der Waals surface area contributed by atoms with Gasteiger partial charge in [-0.2, -0.15) is 0 Å². The van der Waals surface area contributed by atoms with Gasteiger partial charge < -0.3 is 15.2 Å². The van der Waals surface area contributed by atoms with Gasteiger partial charge in [-0.25, -0.2) is 4.98 Å². The second kappa shape index (κ2) is 6.18. The van der Waals surface area contributed by atoms with Crippen LogP contribution in [0.15, 0.2) is 10.9 Å². The van der Waals surface area contributed by atoms with Crippen LogP contribution in [0.3, 0.4) is 0 Å². The minimum Gasteiger partial charge on any atom is -0.353 e. The third-order valence-corrected chi connectivity index (χ3v) is 4.49. The standard InChI is InChI=1S/C16H26N4O/c1-11(2)16-18-14(9-15(21)19-16)20(13-3-4-13)10-12-5-7-17-8-6-12/h9,11-13,17H,3-8,10H2,1-2H3,(H,18,19,21). The Bertz CT molecular complexity index is 529. The normalized spacial score (nSPS) is 20.0. The Labute approximate surface area is 126 Å². The van der Waals surface area contributed by atoms with Gasteiger partial charge >= 0.3 is 0 Å². The molecule has 3 rings (SSSR count). The van der Waals surface area contributed by atoms with Gasteiger partial charge in [0.15, 0.2) is 0 Å². The first-order valence-corrected chi connectivity index (χ1v) is 8.22. The van der Waals surface area contributed by atoms with E-state index in [2.05, 4.69) is 29.0 Å². The van der Waals surface area contributed by atoms with Crippen molar-refractivity contribution >= 4 is 5.82 Å². The molecule has 1 aromatic rings. The van der Waals surface area contributed by atoms with Gasteiger partial charge in [-0.1, -0.05) is 13.8 Å². The monoisotopic (exact) mass is 290 g/mol. The van der Waals surface area contributed by atoms with Crippen molar-refractivity contribution in [2.24, 2.45) is 5.92 Å². The molecule has 0 aromatic carbocycles. The molecule has 0 spiro atoms. The molecule has 0 radical (unpaired) electrons. The lowest BCUT2D eigenvalue weighted by Crippen LogP contribution is -2.38. The number of piperidine rings is 1. The van der Waals surface area contributed by atoms with Crippen molar-refractivity contribution < 1.29 is 0 Å². The summed E-state index contributed by atoms with van der Waals surface area (Å²) < 4.78 is 0. The van der Waals surface area contributed by atoms with Crippen LogP contribution in [-0.4, -0.2) is 35.6 Å². The van der Waals surface area contributed by atoms with E-state index in [1.54, 1.807) is 6.07 Å². The molecular formula is C16H26N4O. The number of H-pyrrole nitrogens is 1. The van der Waals surface area contributed by atoms with Crippen molar-refractivity contribution in [1.29, 1.82) is 0 Å². The molecule has 2 fully saturated rings. The van der Waals surface area contributed by atoms with Crippen molar-refractivity contribution in [2.45, 2.75) is 51.5 Å². The number of aromatic amines is 1. The van der Waals surface area contributed by atoms with E-state index in [0.29, 0.717) is 6.04 Å². The second-order valence-electron chi connectivity index (χ2n) is 6.72. The van der Waals surface area contributed by atoms with Gasteiger partial charge in [0.1, 0.15) is 11.6 Å².